The molecule has 0 spiro atoms. The number of aromatic nitrogens is 2. The second kappa shape index (κ2) is 9.11. The van der Waals surface area contributed by atoms with E-state index in [1.807, 2.05) is 12.1 Å². The largest absolute Gasteiger partial charge is 0.350 e. The highest BCUT2D eigenvalue weighted by atomic mass is 79.9. The minimum absolute atomic E-state index is 0.0275. The molecule has 0 fully saturated rings. The number of carbonyl (C=O) groups is 2. The van der Waals surface area contributed by atoms with Gasteiger partial charge in [0.05, 0.1) is 10.6 Å². The van der Waals surface area contributed by atoms with Crippen LogP contribution in [0.5, 0.6) is 0 Å². The van der Waals surface area contributed by atoms with Crippen LogP contribution in [0.15, 0.2) is 65.3 Å². The minimum Gasteiger partial charge on any atom is -0.350 e. The van der Waals surface area contributed by atoms with Gasteiger partial charge in [0.2, 0.25) is 5.91 Å². The van der Waals surface area contributed by atoms with Gasteiger partial charge in [-0.1, -0.05) is 15.9 Å². The molecule has 0 aliphatic heterocycles. The van der Waals surface area contributed by atoms with E-state index in [0.29, 0.717) is 11.4 Å². The maximum atomic E-state index is 12.2. The number of rotatable bonds is 7. The van der Waals surface area contributed by atoms with E-state index in [-0.39, 0.29) is 30.3 Å². The first-order valence-corrected chi connectivity index (χ1v) is 9.36. The molecule has 2 amide bonds. The Hall–Kier alpha value is -3.53. The van der Waals surface area contributed by atoms with Crippen LogP contribution in [0.4, 0.5) is 11.4 Å². The zero-order chi connectivity index (χ0) is 20.8. The van der Waals surface area contributed by atoms with Gasteiger partial charge in [0.15, 0.2) is 5.69 Å². The summed E-state index contributed by atoms with van der Waals surface area (Å²) in [6, 6.07) is 14.5. The number of nitro groups is 1. The number of hydrogen-bond acceptors (Lipinski definition) is 5. The lowest BCUT2D eigenvalue weighted by molar-refractivity contribution is -0.384. The van der Waals surface area contributed by atoms with Crippen LogP contribution >= 0.6 is 15.9 Å². The topological polar surface area (TPSA) is 119 Å². The summed E-state index contributed by atoms with van der Waals surface area (Å²) in [5.41, 5.74) is 1.41. The fourth-order valence-corrected chi connectivity index (χ4v) is 2.72. The average molecular weight is 458 g/mol. The molecule has 0 bridgehead atoms. The van der Waals surface area contributed by atoms with Crippen molar-refractivity contribution in [2.24, 2.45) is 0 Å². The minimum atomic E-state index is -0.487. The summed E-state index contributed by atoms with van der Waals surface area (Å²) < 4.78 is 2.36. The Kier molecular flexibility index (Phi) is 6.35. The van der Waals surface area contributed by atoms with Crippen LogP contribution in [0.3, 0.4) is 0 Å². The van der Waals surface area contributed by atoms with E-state index < -0.39 is 10.8 Å². The van der Waals surface area contributed by atoms with E-state index in [4.69, 9.17) is 0 Å². The van der Waals surface area contributed by atoms with Crippen molar-refractivity contribution < 1.29 is 14.5 Å². The molecule has 3 aromatic rings. The van der Waals surface area contributed by atoms with Crippen molar-refractivity contribution in [2.45, 2.75) is 6.42 Å². The molecule has 9 nitrogen and oxygen atoms in total. The van der Waals surface area contributed by atoms with Crippen LogP contribution in [0, 0.1) is 10.1 Å². The fourth-order valence-electron chi connectivity index (χ4n) is 2.45. The molecule has 10 heteroatoms. The number of benzene rings is 2. The number of carbonyl (C=O) groups excluding carboxylic acids is 2. The first-order chi connectivity index (χ1) is 13.9. The van der Waals surface area contributed by atoms with Crippen LogP contribution in [0.2, 0.25) is 0 Å². The van der Waals surface area contributed by atoms with Crippen LogP contribution in [-0.4, -0.2) is 33.1 Å². The van der Waals surface area contributed by atoms with Gasteiger partial charge in [0.25, 0.3) is 11.6 Å². The molecule has 148 valence electrons. The highest BCUT2D eigenvalue weighted by Crippen LogP contribution is 2.15. The maximum absolute atomic E-state index is 12.2. The summed E-state index contributed by atoms with van der Waals surface area (Å²) in [5, 5.41) is 20.2. The summed E-state index contributed by atoms with van der Waals surface area (Å²) in [6.07, 6.45) is 1.70. The molecule has 0 unspecified atom stereocenters. The first-order valence-electron chi connectivity index (χ1n) is 8.56. The van der Waals surface area contributed by atoms with E-state index in [0.717, 1.165) is 4.47 Å². The van der Waals surface area contributed by atoms with Gasteiger partial charge in [-0.3, -0.25) is 19.7 Å². The highest BCUT2D eigenvalue weighted by Gasteiger charge is 2.12. The fraction of sp³-hybridized carbons (Fsp3) is 0.105. The Bertz CT molecular complexity index is 1030. The van der Waals surface area contributed by atoms with Crippen LogP contribution < -0.4 is 10.6 Å². The number of anilines is 1. The van der Waals surface area contributed by atoms with Crippen molar-refractivity contribution in [1.82, 2.24) is 15.1 Å². The van der Waals surface area contributed by atoms with Gasteiger partial charge in [0, 0.05) is 41.5 Å². The SMILES string of the molecule is O=C(CCNC(=O)c1ccn(-c2ccc([N+](=O)[O-])cc2)n1)Nc1ccc(Br)cc1. The number of non-ortho nitro benzene ring substituents is 1. The molecule has 2 aromatic carbocycles. The lowest BCUT2D eigenvalue weighted by atomic mass is 10.3. The summed E-state index contributed by atoms with van der Waals surface area (Å²) in [6.45, 7) is 0.158. The van der Waals surface area contributed by atoms with Gasteiger partial charge >= 0.3 is 0 Å². The van der Waals surface area contributed by atoms with Crippen LogP contribution in [-0.2, 0) is 4.79 Å². The summed E-state index contributed by atoms with van der Waals surface area (Å²) in [7, 11) is 0. The van der Waals surface area contributed by atoms with E-state index >= 15 is 0 Å². The van der Waals surface area contributed by atoms with Gasteiger partial charge < -0.3 is 10.6 Å². The molecule has 0 saturated heterocycles. The number of hydrogen-bond donors (Lipinski definition) is 2. The Morgan fingerprint density at radius 2 is 1.76 bits per heavy atom. The molecule has 0 radical (unpaired) electrons. The average Bonchev–Trinajstić information content (AvgIpc) is 3.20. The molecule has 0 saturated carbocycles. The van der Waals surface area contributed by atoms with Crippen molar-refractivity contribution >= 4 is 39.1 Å². The highest BCUT2D eigenvalue weighted by molar-refractivity contribution is 9.10. The van der Waals surface area contributed by atoms with Gasteiger partial charge in [-0.2, -0.15) is 5.10 Å². The molecule has 0 atom stereocenters. The lowest BCUT2D eigenvalue weighted by Crippen LogP contribution is -2.28. The third-order valence-corrected chi connectivity index (χ3v) is 4.44. The third kappa shape index (κ3) is 5.48. The van der Waals surface area contributed by atoms with Crippen molar-refractivity contribution in [1.29, 1.82) is 0 Å². The Morgan fingerprint density at radius 3 is 2.41 bits per heavy atom. The number of nitro benzene ring substituents is 1. The predicted octanol–water partition coefficient (Wildman–Crippen LogP) is 3.30. The number of amides is 2. The van der Waals surface area contributed by atoms with E-state index in [2.05, 4.69) is 31.7 Å². The summed E-state index contributed by atoms with van der Waals surface area (Å²) in [5.74, 6) is -0.633. The molecular weight excluding hydrogens is 442 g/mol. The lowest BCUT2D eigenvalue weighted by Gasteiger charge is -2.06. The van der Waals surface area contributed by atoms with Crippen molar-refractivity contribution in [2.75, 3.05) is 11.9 Å². The number of nitrogens with one attached hydrogen (secondary N) is 2. The van der Waals surface area contributed by atoms with Crippen LogP contribution in [0.1, 0.15) is 16.9 Å². The summed E-state index contributed by atoms with van der Waals surface area (Å²) >= 11 is 3.32. The normalized spacial score (nSPS) is 10.4. The molecule has 3 rings (SSSR count). The van der Waals surface area contributed by atoms with Crippen molar-refractivity contribution in [3.8, 4) is 5.69 Å². The second-order valence-corrected chi connectivity index (χ2v) is 6.90. The smallest absolute Gasteiger partial charge is 0.271 e. The van der Waals surface area contributed by atoms with Gasteiger partial charge in [-0.15, -0.1) is 0 Å². The third-order valence-electron chi connectivity index (χ3n) is 3.91. The predicted molar refractivity (Wildman–Crippen MR) is 110 cm³/mol. The maximum Gasteiger partial charge on any atom is 0.271 e. The Labute approximate surface area is 174 Å². The van der Waals surface area contributed by atoms with E-state index in [1.54, 1.807) is 30.5 Å². The molecule has 0 aliphatic rings. The van der Waals surface area contributed by atoms with Crippen molar-refractivity contribution in [3.63, 3.8) is 0 Å². The molecule has 2 N–H and O–H groups in total. The monoisotopic (exact) mass is 457 g/mol. The van der Waals surface area contributed by atoms with Crippen LogP contribution in [0.25, 0.3) is 5.69 Å². The van der Waals surface area contributed by atoms with Gasteiger partial charge in [-0.05, 0) is 42.5 Å². The number of halogens is 1. The quantitative estimate of drug-likeness (QED) is 0.416. The second-order valence-electron chi connectivity index (χ2n) is 5.98. The zero-order valence-electron chi connectivity index (χ0n) is 15.0. The Balaban J connectivity index is 1.50. The molecule has 1 heterocycles. The standard InChI is InChI=1S/C19H16BrN5O4/c20-13-1-3-14(4-2-13)22-18(26)9-11-21-19(27)17-10-12-24(23-17)15-5-7-16(8-6-15)25(28)29/h1-8,10,12H,9,11H2,(H,21,27)(H,22,26). The molecule has 1 aromatic heterocycles. The molecular formula is C19H16BrN5O4. The zero-order valence-corrected chi connectivity index (χ0v) is 16.6. The number of nitrogens with zero attached hydrogens (tertiary/aromatic N) is 3. The van der Waals surface area contributed by atoms with Gasteiger partial charge in [-0.25, -0.2) is 4.68 Å². The molecule has 29 heavy (non-hydrogen) atoms. The van der Waals surface area contributed by atoms with E-state index in [9.17, 15) is 19.7 Å². The molecule has 0 aliphatic carbocycles. The Morgan fingerprint density at radius 1 is 1.07 bits per heavy atom. The van der Waals surface area contributed by atoms with E-state index in [1.165, 1.54) is 22.9 Å². The van der Waals surface area contributed by atoms with Gasteiger partial charge in [0.1, 0.15) is 0 Å². The summed E-state index contributed by atoms with van der Waals surface area (Å²) in [4.78, 5) is 34.4. The first kappa shape index (κ1) is 20.2. The van der Waals surface area contributed by atoms with Crippen molar-refractivity contribution in [3.05, 3.63) is 81.1 Å².